The maximum Gasteiger partial charge on any atom is 0.342 e. The Bertz CT molecular complexity index is 2250. The summed E-state index contributed by atoms with van der Waals surface area (Å²) in [6, 6.07) is 26.6. The first-order valence-corrected chi connectivity index (χ1v) is 19.0. The molecule has 1 aliphatic carbocycles. The first kappa shape index (κ1) is 43.3. The number of amides is 1. The Labute approximate surface area is 340 Å². The predicted octanol–water partition coefficient (Wildman–Crippen LogP) is 6.14. The second-order valence-corrected chi connectivity index (χ2v) is 13.4. The lowest BCUT2D eigenvalue weighted by atomic mass is 9.98. The topological polar surface area (TPSA) is 226 Å². The van der Waals surface area contributed by atoms with Crippen molar-refractivity contribution in [2.24, 2.45) is 16.7 Å². The Morgan fingerprint density at radius 3 is 2.41 bits per heavy atom. The predicted molar refractivity (Wildman–Crippen MR) is 217 cm³/mol. The fourth-order valence-corrected chi connectivity index (χ4v) is 6.46. The van der Waals surface area contributed by atoms with Crippen LogP contribution in [0.1, 0.15) is 83.4 Å². The van der Waals surface area contributed by atoms with Gasteiger partial charge in [-0.1, -0.05) is 73.2 Å². The number of hydrazone groups is 1. The average molecular weight is 810 g/mol. The van der Waals surface area contributed by atoms with Crippen molar-refractivity contribution >= 4 is 35.2 Å². The quantitative estimate of drug-likeness (QED) is 0.0132. The number of hydrazine groups is 1. The smallest absolute Gasteiger partial charge is 0.342 e. The summed E-state index contributed by atoms with van der Waals surface area (Å²) in [5.74, 6) is 4.75. The first-order valence-electron chi connectivity index (χ1n) is 19.0. The van der Waals surface area contributed by atoms with Crippen LogP contribution in [-0.2, 0) is 37.0 Å². The Morgan fingerprint density at radius 1 is 1.00 bits per heavy atom. The largest absolute Gasteiger partial charge is 0.465 e. The third kappa shape index (κ3) is 11.6. The van der Waals surface area contributed by atoms with Gasteiger partial charge in [0.05, 0.1) is 29.7 Å². The molecule has 17 nitrogen and oxygen atoms in total. The molecule has 5 aromatic rings. The summed E-state index contributed by atoms with van der Waals surface area (Å²) in [4.78, 5) is 55.5. The Hall–Kier alpha value is -6.85. The number of amidine groups is 1. The number of methoxy groups -OCH3 is 1. The molecule has 0 radical (unpaired) electrons. The van der Waals surface area contributed by atoms with Gasteiger partial charge in [0.15, 0.2) is 12.1 Å². The standard InChI is InChI=1S/C35H35N7O8.C7H12O2/c1-4-48-35-38-30-14-8-13-29(34(44)50-22(2)47-3)31(30)40(35)20-23-15-17-25(18-16-23)27-11-5-6-12-28(27)32(36)39-41(37)33(43)26-10-7-9-24(19-26)21-49-42(45)46;8-6-9-7-4-2-1-3-5-7/h5-19,22H,4,20-21,37H2,1-3H3,(H2,36,39);6-7H,1-5H2. The Kier molecular flexibility index (Phi) is 15.4. The minimum absolute atomic E-state index is 0.0122. The molecular weight excluding hydrogens is 763 g/mol. The molecule has 1 saturated carbocycles. The third-order valence-electron chi connectivity index (χ3n) is 9.37. The van der Waals surface area contributed by atoms with Crippen LogP contribution in [0.2, 0.25) is 0 Å². The van der Waals surface area contributed by atoms with Crippen molar-refractivity contribution in [2.75, 3.05) is 13.7 Å². The molecule has 1 aliphatic rings. The van der Waals surface area contributed by atoms with E-state index in [1.165, 1.54) is 38.5 Å². The molecule has 0 aliphatic heterocycles. The lowest BCUT2D eigenvalue weighted by molar-refractivity contribution is -0.763. The van der Waals surface area contributed by atoms with Gasteiger partial charge in [-0.05, 0) is 86.1 Å². The highest BCUT2D eigenvalue weighted by molar-refractivity contribution is 6.05. The molecule has 59 heavy (non-hydrogen) atoms. The fraction of sp³-hybridized carbons (Fsp3) is 0.310. The van der Waals surface area contributed by atoms with Crippen LogP contribution in [0.15, 0.2) is 96.1 Å². The third-order valence-corrected chi connectivity index (χ3v) is 9.37. The zero-order valence-corrected chi connectivity index (χ0v) is 33.0. The molecule has 4 aromatic carbocycles. The van der Waals surface area contributed by atoms with E-state index in [1.807, 2.05) is 47.9 Å². The number of esters is 1. The molecule has 0 saturated heterocycles. The second kappa shape index (κ2) is 21.1. The molecule has 17 heteroatoms. The fourth-order valence-electron chi connectivity index (χ4n) is 6.46. The van der Waals surface area contributed by atoms with E-state index in [4.69, 9.17) is 30.5 Å². The summed E-state index contributed by atoms with van der Waals surface area (Å²) in [6.07, 6.45) is 5.38. The van der Waals surface area contributed by atoms with Gasteiger partial charge in [-0.2, -0.15) is 10.1 Å². The summed E-state index contributed by atoms with van der Waals surface area (Å²) >= 11 is 0. The van der Waals surface area contributed by atoms with E-state index in [2.05, 4.69) is 14.9 Å². The lowest BCUT2D eigenvalue weighted by Gasteiger charge is -2.18. The second-order valence-electron chi connectivity index (χ2n) is 13.4. The van der Waals surface area contributed by atoms with Crippen molar-refractivity contribution in [3.8, 4) is 17.1 Å². The Morgan fingerprint density at radius 2 is 1.71 bits per heavy atom. The number of aromatic nitrogens is 2. The maximum atomic E-state index is 13.1. The number of carbonyl (C=O) groups is 3. The van der Waals surface area contributed by atoms with Gasteiger partial charge in [0.2, 0.25) is 0 Å². The van der Waals surface area contributed by atoms with Crippen LogP contribution in [0.3, 0.4) is 0 Å². The number of carbonyl (C=O) groups excluding carboxylic acids is 3. The van der Waals surface area contributed by atoms with Crippen molar-refractivity contribution in [3.05, 3.63) is 129 Å². The molecule has 310 valence electrons. The lowest BCUT2D eigenvalue weighted by Crippen LogP contribution is -2.35. The number of hydrogen-bond acceptors (Lipinski definition) is 13. The van der Waals surface area contributed by atoms with Crippen LogP contribution in [0.5, 0.6) is 6.01 Å². The molecule has 1 heterocycles. The molecule has 6 rings (SSSR count). The molecule has 0 bridgehead atoms. The summed E-state index contributed by atoms with van der Waals surface area (Å²) in [5, 5.41) is 14.4. The number of rotatable bonds is 16. The van der Waals surface area contributed by atoms with Crippen LogP contribution in [0.25, 0.3) is 22.2 Å². The van der Waals surface area contributed by atoms with Crippen molar-refractivity contribution in [1.82, 2.24) is 14.7 Å². The highest BCUT2D eigenvalue weighted by Crippen LogP contribution is 2.29. The summed E-state index contributed by atoms with van der Waals surface area (Å²) < 4.78 is 23.0. The van der Waals surface area contributed by atoms with E-state index < -0.39 is 23.3 Å². The van der Waals surface area contributed by atoms with Gasteiger partial charge >= 0.3 is 5.97 Å². The van der Waals surface area contributed by atoms with Crippen molar-refractivity contribution in [3.63, 3.8) is 0 Å². The molecule has 1 aromatic heterocycles. The highest BCUT2D eigenvalue weighted by Gasteiger charge is 2.22. The van der Waals surface area contributed by atoms with Gasteiger partial charge in [-0.15, -0.1) is 15.2 Å². The van der Waals surface area contributed by atoms with Crippen molar-refractivity contribution in [1.29, 1.82) is 0 Å². The first-order chi connectivity index (χ1) is 28.5. The van der Waals surface area contributed by atoms with E-state index in [9.17, 15) is 24.5 Å². The van der Waals surface area contributed by atoms with Crippen LogP contribution in [0.4, 0.5) is 0 Å². The monoisotopic (exact) mass is 809 g/mol. The minimum Gasteiger partial charge on any atom is -0.465 e. The van der Waals surface area contributed by atoms with Gasteiger partial charge < -0.3 is 29.5 Å². The number of nitrogens with zero attached hydrogens (tertiary/aromatic N) is 5. The van der Waals surface area contributed by atoms with Gasteiger partial charge in [0, 0.05) is 18.2 Å². The van der Waals surface area contributed by atoms with Crippen LogP contribution in [-0.4, -0.2) is 70.1 Å². The summed E-state index contributed by atoms with van der Waals surface area (Å²) in [5.41, 5.74) is 11.4. The van der Waals surface area contributed by atoms with Crippen LogP contribution < -0.4 is 16.3 Å². The van der Waals surface area contributed by atoms with Crippen LogP contribution in [0, 0.1) is 10.1 Å². The van der Waals surface area contributed by atoms with E-state index in [-0.39, 0.29) is 24.1 Å². The molecular formula is C42H47N7O10. The molecule has 1 atom stereocenters. The van der Waals surface area contributed by atoms with E-state index in [1.54, 1.807) is 49.4 Å². The number of hydrogen-bond donors (Lipinski definition) is 2. The number of ether oxygens (including phenoxy) is 4. The number of imidazole rings is 1. The van der Waals surface area contributed by atoms with Crippen LogP contribution >= 0.6 is 0 Å². The number of nitrogens with two attached hydrogens (primary N) is 2. The van der Waals surface area contributed by atoms with Gasteiger partial charge in [0.1, 0.15) is 12.7 Å². The molecule has 1 fully saturated rings. The van der Waals surface area contributed by atoms with Gasteiger partial charge in [-0.3, -0.25) is 14.2 Å². The van der Waals surface area contributed by atoms with E-state index >= 15 is 0 Å². The zero-order chi connectivity index (χ0) is 42.3. The summed E-state index contributed by atoms with van der Waals surface area (Å²) in [7, 11) is 1.46. The normalized spacial score (nSPS) is 13.4. The Balaban J connectivity index is 0.000000649. The van der Waals surface area contributed by atoms with Gasteiger partial charge in [-0.25, -0.2) is 10.6 Å². The average Bonchev–Trinajstić information content (AvgIpc) is 3.60. The number of para-hydroxylation sites is 1. The van der Waals surface area contributed by atoms with Crippen molar-refractivity contribution in [2.45, 2.75) is 71.5 Å². The maximum absolute atomic E-state index is 13.1. The summed E-state index contributed by atoms with van der Waals surface area (Å²) in [6.45, 7) is 4.44. The molecule has 1 amide bonds. The SMILES string of the molecule is CCOc1nc2cccc(C(=O)OC(C)OC)c2n1Cc1ccc(-c2ccccc2/C(N)=N/N(N)C(=O)c2cccc(CO[N+](=O)[O-])c2)cc1.O=COC1CCCCC1. The van der Waals surface area contributed by atoms with E-state index in [0.29, 0.717) is 58.5 Å². The van der Waals surface area contributed by atoms with Crippen molar-refractivity contribution < 1.29 is 43.3 Å². The number of fused-ring (bicyclic) bond motifs is 1. The zero-order valence-electron chi connectivity index (χ0n) is 33.0. The highest BCUT2D eigenvalue weighted by atomic mass is 16.9. The minimum atomic E-state index is -0.916. The molecule has 4 N–H and O–H groups in total. The van der Waals surface area contributed by atoms with Gasteiger partial charge in [0.25, 0.3) is 23.5 Å². The molecule has 1 unspecified atom stereocenters. The van der Waals surface area contributed by atoms with E-state index in [0.717, 1.165) is 29.5 Å². The molecule has 0 spiro atoms. The number of benzene rings is 4.